The highest BCUT2D eigenvalue weighted by Gasteiger charge is 1.99. The highest BCUT2D eigenvalue weighted by molar-refractivity contribution is 5.96. The number of nitrogens with one attached hydrogen (secondary N) is 1. The predicted molar refractivity (Wildman–Crippen MR) is 45.0 cm³/mol. The van der Waals surface area contributed by atoms with Gasteiger partial charge >= 0.3 is 0 Å². The van der Waals surface area contributed by atoms with Crippen LogP contribution in [0.15, 0.2) is 12.3 Å². The standard InChI is InChI=1S/C6H9NO2.C2H6/c1-4(5(2)8)7-6(3)9;1-2/h1H2,2-3H3,(H,7,9);1-2H3. The van der Waals surface area contributed by atoms with Crippen molar-refractivity contribution in [2.45, 2.75) is 27.7 Å². The minimum Gasteiger partial charge on any atom is -0.324 e. The molecule has 1 N–H and O–H groups in total. The Labute approximate surface area is 67.5 Å². The number of hydrogen-bond acceptors (Lipinski definition) is 2. The molecule has 1 amide bonds. The Kier molecular flexibility index (Phi) is 7.98. The largest absolute Gasteiger partial charge is 0.324 e. The van der Waals surface area contributed by atoms with E-state index in [1.807, 2.05) is 13.8 Å². The molecule has 3 heteroatoms. The molecule has 0 saturated carbocycles. The normalized spacial score (nSPS) is 7.27. The van der Waals surface area contributed by atoms with Gasteiger partial charge in [0.05, 0.1) is 5.70 Å². The highest BCUT2D eigenvalue weighted by atomic mass is 16.2. The van der Waals surface area contributed by atoms with Crippen LogP contribution in [-0.4, -0.2) is 11.7 Å². The first-order valence-corrected chi connectivity index (χ1v) is 3.51. The fourth-order valence-electron chi connectivity index (χ4n) is 0.301. The SMILES string of the molecule is C=C(NC(C)=O)C(C)=O.CC. The van der Waals surface area contributed by atoms with E-state index in [-0.39, 0.29) is 17.4 Å². The summed E-state index contributed by atoms with van der Waals surface area (Å²) in [6, 6.07) is 0. The maximum Gasteiger partial charge on any atom is 0.221 e. The third kappa shape index (κ3) is 8.88. The van der Waals surface area contributed by atoms with Crippen molar-refractivity contribution in [1.29, 1.82) is 0 Å². The summed E-state index contributed by atoms with van der Waals surface area (Å²) < 4.78 is 0. The topological polar surface area (TPSA) is 46.2 Å². The number of allylic oxidation sites excluding steroid dienone is 1. The average molecular weight is 157 g/mol. The summed E-state index contributed by atoms with van der Waals surface area (Å²) in [5.41, 5.74) is 0.141. The van der Waals surface area contributed by atoms with E-state index in [1.165, 1.54) is 13.8 Å². The van der Waals surface area contributed by atoms with Gasteiger partial charge in [-0.05, 0) is 0 Å². The molecule has 0 rings (SSSR count). The smallest absolute Gasteiger partial charge is 0.221 e. The van der Waals surface area contributed by atoms with Crippen molar-refractivity contribution in [2.24, 2.45) is 0 Å². The molecule has 0 aliphatic rings. The monoisotopic (exact) mass is 157 g/mol. The molecular weight excluding hydrogens is 142 g/mol. The molecule has 0 aliphatic heterocycles. The van der Waals surface area contributed by atoms with Gasteiger partial charge in [-0.2, -0.15) is 0 Å². The van der Waals surface area contributed by atoms with Crippen molar-refractivity contribution in [1.82, 2.24) is 5.32 Å². The number of carbonyl (C=O) groups is 2. The summed E-state index contributed by atoms with van der Waals surface area (Å²) in [5, 5.41) is 2.26. The van der Waals surface area contributed by atoms with E-state index < -0.39 is 0 Å². The molecule has 0 radical (unpaired) electrons. The average Bonchev–Trinajstić information content (AvgIpc) is 1.90. The zero-order valence-electron chi connectivity index (χ0n) is 7.52. The molecule has 0 aromatic rings. The van der Waals surface area contributed by atoms with Crippen LogP contribution in [0.5, 0.6) is 0 Å². The zero-order chi connectivity index (χ0) is 9.44. The van der Waals surface area contributed by atoms with Gasteiger partial charge in [-0.1, -0.05) is 20.4 Å². The molecule has 0 aliphatic carbocycles. The molecule has 11 heavy (non-hydrogen) atoms. The van der Waals surface area contributed by atoms with Crippen LogP contribution < -0.4 is 5.32 Å². The van der Waals surface area contributed by atoms with Gasteiger partial charge in [0, 0.05) is 13.8 Å². The van der Waals surface area contributed by atoms with Crippen molar-refractivity contribution in [3.05, 3.63) is 12.3 Å². The summed E-state index contributed by atoms with van der Waals surface area (Å²) in [7, 11) is 0. The minimum atomic E-state index is -0.268. The molecule has 0 saturated heterocycles. The molecule has 0 spiro atoms. The maximum atomic E-state index is 10.4. The van der Waals surface area contributed by atoms with E-state index in [0.717, 1.165) is 0 Å². The van der Waals surface area contributed by atoms with E-state index in [4.69, 9.17) is 0 Å². The van der Waals surface area contributed by atoms with Crippen molar-refractivity contribution in [3.63, 3.8) is 0 Å². The fraction of sp³-hybridized carbons (Fsp3) is 0.500. The quantitative estimate of drug-likeness (QED) is 0.613. The Morgan fingerprint density at radius 3 is 1.64 bits per heavy atom. The van der Waals surface area contributed by atoms with Gasteiger partial charge < -0.3 is 5.32 Å². The number of amides is 1. The molecule has 0 unspecified atom stereocenters. The predicted octanol–water partition coefficient (Wildman–Crippen LogP) is 1.25. The van der Waals surface area contributed by atoms with Crippen LogP contribution in [0.2, 0.25) is 0 Å². The lowest BCUT2D eigenvalue weighted by atomic mass is 10.3. The molecule has 0 bridgehead atoms. The van der Waals surface area contributed by atoms with E-state index >= 15 is 0 Å². The van der Waals surface area contributed by atoms with Crippen LogP contribution in [0, 0.1) is 0 Å². The van der Waals surface area contributed by atoms with Gasteiger partial charge in [-0.3, -0.25) is 9.59 Å². The number of carbonyl (C=O) groups excluding carboxylic acids is 2. The lowest BCUT2D eigenvalue weighted by Gasteiger charge is -1.98. The van der Waals surface area contributed by atoms with Crippen LogP contribution >= 0.6 is 0 Å². The number of hydrogen-bond donors (Lipinski definition) is 1. The van der Waals surface area contributed by atoms with E-state index in [2.05, 4.69) is 11.9 Å². The van der Waals surface area contributed by atoms with Gasteiger partial charge in [-0.15, -0.1) is 0 Å². The van der Waals surface area contributed by atoms with Gasteiger partial charge in [0.15, 0.2) is 5.78 Å². The molecule has 3 nitrogen and oxygen atoms in total. The molecule has 0 aromatic heterocycles. The summed E-state index contributed by atoms with van der Waals surface area (Å²) in [6.07, 6.45) is 0. The second-order valence-corrected chi connectivity index (χ2v) is 1.72. The Hall–Kier alpha value is -1.12. The van der Waals surface area contributed by atoms with Crippen LogP contribution in [0.25, 0.3) is 0 Å². The van der Waals surface area contributed by atoms with Crippen LogP contribution in [-0.2, 0) is 9.59 Å². The van der Waals surface area contributed by atoms with Crippen molar-refractivity contribution >= 4 is 11.7 Å². The highest BCUT2D eigenvalue weighted by Crippen LogP contribution is 1.83. The first-order valence-electron chi connectivity index (χ1n) is 3.51. The maximum absolute atomic E-state index is 10.4. The summed E-state index contributed by atoms with van der Waals surface area (Å²) in [4.78, 5) is 20.6. The van der Waals surface area contributed by atoms with Crippen LogP contribution in [0.1, 0.15) is 27.7 Å². The third-order valence-electron chi connectivity index (χ3n) is 0.752. The van der Waals surface area contributed by atoms with Crippen molar-refractivity contribution in [2.75, 3.05) is 0 Å². The zero-order valence-corrected chi connectivity index (χ0v) is 7.52. The minimum absolute atomic E-state index is 0.141. The van der Waals surface area contributed by atoms with Crippen LogP contribution in [0.4, 0.5) is 0 Å². The number of ketones is 1. The van der Waals surface area contributed by atoms with Crippen molar-refractivity contribution < 1.29 is 9.59 Å². The van der Waals surface area contributed by atoms with Gasteiger partial charge in [0.25, 0.3) is 0 Å². The summed E-state index contributed by atoms with van der Waals surface area (Å²) in [6.45, 7) is 9.99. The van der Waals surface area contributed by atoms with Gasteiger partial charge in [0.2, 0.25) is 5.91 Å². The number of Topliss-reactive ketones (excluding diaryl/α,β-unsaturated/α-hetero) is 1. The van der Waals surface area contributed by atoms with Gasteiger partial charge in [0.1, 0.15) is 0 Å². The molecule has 0 atom stereocenters. The first-order chi connectivity index (χ1) is 5.04. The number of rotatable bonds is 2. The molecule has 0 aromatic carbocycles. The summed E-state index contributed by atoms with van der Waals surface area (Å²) >= 11 is 0. The second-order valence-electron chi connectivity index (χ2n) is 1.72. The lowest BCUT2D eigenvalue weighted by Crippen LogP contribution is -2.22. The fourth-order valence-corrected chi connectivity index (χ4v) is 0.301. The van der Waals surface area contributed by atoms with E-state index in [1.54, 1.807) is 0 Å². The lowest BCUT2D eigenvalue weighted by molar-refractivity contribution is -0.120. The Morgan fingerprint density at radius 1 is 1.18 bits per heavy atom. The summed E-state index contributed by atoms with van der Waals surface area (Å²) in [5.74, 6) is -0.486. The third-order valence-corrected chi connectivity index (χ3v) is 0.752. The van der Waals surface area contributed by atoms with E-state index in [9.17, 15) is 9.59 Å². The Bertz CT molecular complexity index is 161. The molecule has 0 heterocycles. The first kappa shape index (κ1) is 12.5. The molecular formula is C8H15NO2. The molecule has 0 fully saturated rings. The van der Waals surface area contributed by atoms with E-state index in [0.29, 0.717) is 0 Å². The van der Waals surface area contributed by atoms with Crippen molar-refractivity contribution in [3.8, 4) is 0 Å². The molecule has 64 valence electrons. The Balaban J connectivity index is 0. The van der Waals surface area contributed by atoms with Crippen LogP contribution in [0.3, 0.4) is 0 Å². The Morgan fingerprint density at radius 2 is 1.55 bits per heavy atom. The second kappa shape index (κ2) is 6.99. The van der Waals surface area contributed by atoms with Gasteiger partial charge in [-0.25, -0.2) is 0 Å².